The largest absolute Gasteiger partial charge is 0.496 e. The zero-order valence-corrected chi connectivity index (χ0v) is 26.1. The zero-order chi connectivity index (χ0) is 30.3. The first-order chi connectivity index (χ1) is 19.9. The highest BCUT2D eigenvalue weighted by Gasteiger charge is 2.60. The van der Waals surface area contributed by atoms with Gasteiger partial charge in [-0.2, -0.15) is 5.10 Å². The van der Waals surface area contributed by atoms with Crippen molar-refractivity contribution in [1.29, 1.82) is 0 Å². The second-order valence-corrected chi connectivity index (χ2v) is 14.9. The SMILES string of the molecule is COC[C@H]1C[C@@](Cn2cccn2)(C(=O)NS(=O)(=O)C2CC2)N(C(=O)c2ccc(C(C)(C)C)c(OC)c2)[C@H]1c1nccs1. The lowest BCUT2D eigenvalue weighted by molar-refractivity contribution is -0.130. The lowest BCUT2D eigenvalue weighted by Gasteiger charge is -2.39. The molecule has 3 atom stereocenters. The van der Waals surface area contributed by atoms with Crippen molar-refractivity contribution in [3.8, 4) is 5.75 Å². The third-order valence-corrected chi connectivity index (χ3v) is 10.6. The number of ether oxygens (including phenoxy) is 2. The van der Waals surface area contributed by atoms with E-state index in [0.29, 0.717) is 29.2 Å². The van der Waals surface area contributed by atoms with E-state index < -0.39 is 38.7 Å². The summed E-state index contributed by atoms with van der Waals surface area (Å²) in [5, 5.41) is 6.15. The summed E-state index contributed by atoms with van der Waals surface area (Å²) < 4.78 is 41.3. The third kappa shape index (κ3) is 5.69. The lowest BCUT2D eigenvalue weighted by Crippen LogP contribution is -2.61. The number of carbonyl (C=O) groups is 2. The molecule has 0 unspecified atom stereocenters. The van der Waals surface area contributed by atoms with Gasteiger partial charge in [0.05, 0.1) is 31.6 Å². The van der Waals surface area contributed by atoms with Crippen molar-refractivity contribution in [2.75, 3.05) is 20.8 Å². The highest BCUT2D eigenvalue weighted by Crippen LogP contribution is 2.50. The summed E-state index contributed by atoms with van der Waals surface area (Å²) in [7, 11) is -0.802. The summed E-state index contributed by atoms with van der Waals surface area (Å²) in [5.74, 6) is -1.02. The van der Waals surface area contributed by atoms with Crippen molar-refractivity contribution < 1.29 is 27.5 Å². The van der Waals surface area contributed by atoms with E-state index >= 15 is 0 Å². The molecule has 2 aliphatic rings. The molecule has 2 fully saturated rings. The van der Waals surface area contributed by atoms with E-state index in [4.69, 9.17) is 9.47 Å². The first-order valence-electron chi connectivity index (χ1n) is 13.9. The summed E-state index contributed by atoms with van der Waals surface area (Å²) in [6.45, 7) is 6.34. The molecule has 0 spiro atoms. The first kappa shape index (κ1) is 30.2. The summed E-state index contributed by atoms with van der Waals surface area (Å²) in [5.41, 5.74) is -0.635. The van der Waals surface area contributed by atoms with E-state index in [9.17, 15) is 18.0 Å². The average molecular weight is 616 g/mol. The minimum Gasteiger partial charge on any atom is -0.496 e. The molecule has 1 aromatic carbocycles. The minimum atomic E-state index is -3.92. The second kappa shape index (κ2) is 11.4. The van der Waals surface area contributed by atoms with Crippen LogP contribution in [0, 0.1) is 5.92 Å². The van der Waals surface area contributed by atoms with Gasteiger partial charge in [0, 0.05) is 42.6 Å². The number of sulfonamides is 1. The van der Waals surface area contributed by atoms with Gasteiger partial charge in [-0.3, -0.25) is 19.0 Å². The second-order valence-electron chi connectivity index (χ2n) is 12.0. The third-order valence-electron chi connectivity index (χ3n) is 7.95. The maximum Gasteiger partial charge on any atom is 0.261 e. The van der Waals surface area contributed by atoms with Gasteiger partial charge in [0.1, 0.15) is 16.3 Å². The van der Waals surface area contributed by atoms with Gasteiger partial charge in [-0.15, -0.1) is 11.3 Å². The van der Waals surface area contributed by atoms with Crippen LogP contribution in [0.5, 0.6) is 5.75 Å². The fourth-order valence-corrected chi connectivity index (χ4v) is 8.04. The van der Waals surface area contributed by atoms with Crippen molar-refractivity contribution in [3.63, 3.8) is 0 Å². The number of amides is 2. The topological polar surface area (TPSA) is 133 Å². The molecule has 1 saturated heterocycles. The van der Waals surface area contributed by atoms with Crippen LogP contribution < -0.4 is 9.46 Å². The molecule has 1 aliphatic carbocycles. The van der Waals surface area contributed by atoms with Crippen molar-refractivity contribution in [1.82, 2.24) is 24.4 Å². The van der Waals surface area contributed by atoms with Crippen LogP contribution in [0.15, 0.2) is 48.2 Å². The molecule has 11 nitrogen and oxygen atoms in total. The first-order valence-corrected chi connectivity index (χ1v) is 16.3. The Morgan fingerprint density at radius 2 is 1.95 bits per heavy atom. The van der Waals surface area contributed by atoms with Crippen LogP contribution in [0.3, 0.4) is 0 Å². The molecule has 13 heteroatoms. The number of hydrogen-bond acceptors (Lipinski definition) is 9. The monoisotopic (exact) mass is 615 g/mol. The van der Waals surface area contributed by atoms with E-state index in [1.54, 1.807) is 55.7 Å². The smallest absolute Gasteiger partial charge is 0.261 e. The number of methoxy groups -OCH3 is 2. The molecule has 2 aromatic heterocycles. The van der Waals surface area contributed by atoms with Crippen LogP contribution >= 0.6 is 11.3 Å². The Kier molecular flexibility index (Phi) is 8.20. The molecule has 0 bridgehead atoms. The molecule has 1 aliphatic heterocycles. The quantitative estimate of drug-likeness (QED) is 0.366. The van der Waals surface area contributed by atoms with Crippen LogP contribution in [0.1, 0.15) is 67.0 Å². The van der Waals surface area contributed by atoms with Crippen LogP contribution in [-0.2, 0) is 31.5 Å². The molecule has 1 N–H and O–H groups in total. The van der Waals surface area contributed by atoms with E-state index in [-0.39, 0.29) is 30.9 Å². The van der Waals surface area contributed by atoms with Gasteiger partial charge < -0.3 is 14.4 Å². The van der Waals surface area contributed by atoms with Crippen LogP contribution in [0.2, 0.25) is 0 Å². The van der Waals surface area contributed by atoms with E-state index in [1.165, 1.54) is 16.2 Å². The predicted molar refractivity (Wildman–Crippen MR) is 158 cm³/mol. The van der Waals surface area contributed by atoms with Crippen molar-refractivity contribution in [2.45, 2.75) is 68.8 Å². The van der Waals surface area contributed by atoms with Gasteiger partial charge in [0.2, 0.25) is 10.0 Å². The fourth-order valence-electron chi connectivity index (χ4n) is 5.84. The summed E-state index contributed by atoms with van der Waals surface area (Å²) in [4.78, 5) is 35.2. The Labute approximate surface area is 250 Å². The molecule has 5 rings (SSSR count). The summed E-state index contributed by atoms with van der Waals surface area (Å²) in [6.07, 6.45) is 6.04. The number of nitrogens with zero attached hydrogens (tertiary/aromatic N) is 4. The molecule has 3 aromatic rings. The zero-order valence-electron chi connectivity index (χ0n) is 24.4. The maximum absolute atomic E-state index is 14.7. The Morgan fingerprint density at radius 3 is 2.52 bits per heavy atom. The molecule has 42 heavy (non-hydrogen) atoms. The Bertz CT molecular complexity index is 1530. The van der Waals surface area contributed by atoms with Crippen LogP contribution in [0.25, 0.3) is 0 Å². The molecule has 2 amide bonds. The molecule has 0 radical (unpaired) electrons. The van der Waals surface area contributed by atoms with Gasteiger partial charge in [0.25, 0.3) is 11.8 Å². The molecule has 226 valence electrons. The van der Waals surface area contributed by atoms with Crippen molar-refractivity contribution >= 4 is 33.2 Å². The Morgan fingerprint density at radius 1 is 1.19 bits per heavy atom. The number of thiazole rings is 1. The predicted octanol–water partition coefficient (Wildman–Crippen LogP) is 3.54. The highest BCUT2D eigenvalue weighted by molar-refractivity contribution is 7.91. The number of likely N-dealkylation sites (tertiary alicyclic amines) is 1. The number of carbonyl (C=O) groups excluding carboxylic acids is 2. The van der Waals surface area contributed by atoms with Gasteiger partial charge in [-0.25, -0.2) is 13.4 Å². The van der Waals surface area contributed by atoms with E-state index in [1.807, 2.05) is 11.4 Å². The normalized spacial score (nSPS) is 22.7. The van der Waals surface area contributed by atoms with Crippen LogP contribution in [-0.4, -0.2) is 71.5 Å². The van der Waals surface area contributed by atoms with Gasteiger partial charge >= 0.3 is 0 Å². The van der Waals surface area contributed by atoms with Crippen LogP contribution in [0.4, 0.5) is 0 Å². The van der Waals surface area contributed by atoms with Crippen molar-refractivity contribution in [2.24, 2.45) is 5.92 Å². The van der Waals surface area contributed by atoms with Gasteiger partial charge in [-0.05, 0) is 48.4 Å². The Hall–Kier alpha value is -3.29. The molecular weight excluding hydrogens is 578 g/mol. The standard InChI is InChI=1S/C29H37N5O6S2/c1-28(2,3)22-10-7-19(15-23(22)40-5)26(35)34-24(25-30-12-14-41-25)20(17-39-4)16-29(34,18-33-13-6-11-31-33)27(36)32-42(37,38)21-8-9-21/h6-7,10-15,20-21,24H,8-9,16-18H2,1-5H3,(H,32,36)/t20-,24-,29-/m1/s1. The molecule has 1 saturated carbocycles. The number of hydrogen-bond donors (Lipinski definition) is 1. The number of rotatable bonds is 10. The fraction of sp³-hybridized carbons (Fsp3) is 0.517. The maximum atomic E-state index is 14.7. The lowest BCUT2D eigenvalue weighted by atomic mass is 9.85. The van der Waals surface area contributed by atoms with E-state index in [0.717, 1.165) is 5.56 Å². The van der Waals surface area contributed by atoms with E-state index in [2.05, 4.69) is 35.6 Å². The highest BCUT2D eigenvalue weighted by atomic mass is 32.2. The number of aromatic nitrogens is 3. The Balaban J connectivity index is 1.69. The summed E-state index contributed by atoms with van der Waals surface area (Å²) >= 11 is 1.37. The van der Waals surface area contributed by atoms with Gasteiger partial charge in [0.15, 0.2) is 0 Å². The summed E-state index contributed by atoms with van der Waals surface area (Å²) in [6, 6.07) is 6.33. The number of nitrogens with one attached hydrogen (secondary N) is 1. The average Bonchev–Trinajstić information content (AvgIpc) is 3.30. The molecular formula is C29H37N5O6S2. The number of benzene rings is 1. The van der Waals surface area contributed by atoms with Crippen molar-refractivity contribution in [3.05, 3.63) is 64.4 Å². The minimum absolute atomic E-state index is 0.0585. The van der Waals surface area contributed by atoms with Gasteiger partial charge in [-0.1, -0.05) is 26.8 Å². The molecule has 3 heterocycles.